The van der Waals surface area contributed by atoms with E-state index < -0.39 is 6.03 Å². The Morgan fingerprint density at radius 1 is 1.23 bits per heavy atom. The minimum atomic E-state index is -0.493. The van der Waals surface area contributed by atoms with Crippen molar-refractivity contribution in [3.8, 4) is 11.3 Å². The van der Waals surface area contributed by atoms with Gasteiger partial charge in [-0.25, -0.2) is 9.18 Å². The molecule has 2 heterocycles. The number of aromatic nitrogens is 2. The van der Waals surface area contributed by atoms with Gasteiger partial charge in [-0.3, -0.25) is 20.1 Å². The average Bonchev–Trinajstić information content (AvgIpc) is 3.39. The summed E-state index contributed by atoms with van der Waals surface area (Å²) in [5.74, 6) is -0.622. The molecular formula is C21H24FN5O2S. The van der Waals surface area contributed by atoms with Gasteiger partial charge in [0.2, 0.25) is 5.91 Å². The third kappa shape index (κ3) is 6.78. The first-order valence-electron chi connectivity index (χ1n) is 9.58. The second kappa shape index (κ2) is 10.7. The highest BCUT2D eigenvalue weighted by atomic mass is 32.1. The molecule has 0 aliphatic heterocycles. The van der Waals surface area contributed by atoms with Crippen molar-refractivity contribution in [2.45, 2.75) is 19.4 Å². The quantitative estimate of drug-likeness (QED) is 0.487. The lowest BCUT2D eigenvalue weighted by Crippen LogP contribution is -2.43. The Bertz CT molecular complexity index is 956. The van der Waals surface area contributed by atoms with Crippen LogP contribution in [0.5, 0.6) is 0 Å². The molecule has 1 aromatic carbocycles. The lowest BCUT2D eigenvalue weighted by molar-refractivity contribution is -0.120. The Hall–Kier alpha value is -3.04. The van der Waals surface area contributed by atoms with Gasteiger partial charge in [-0.2, -0.15) is 5.10 Å². The number of halogens is 1. The van der Waals surface area contributed by atoms with Crippen LogP contribution in [0.15, 0.2) is 47.8 Å². The van der Waals surface area contributed by atoms with Crippen LogP contribution < -0.4 is 10.6 Å². The van der Waals surface area contributed by atoms with E-state index in [-0.39, 0.29) is 18.3 Å². The van der Waals surface area contributed by atoms with Crippen molar-refractivity contribution >= 4 is 23.3 Å². The van der Waals surface area contributed by atoms with Gasteiger partial charge in [-0.05, 0) is 68.2 Å². The average molecular weight is 430 g/mol. The number of nitrogens with zero attached hydrogens (tertiary/aromatic N) is 2. The van der Waals surface area contributed by atoms with Crippen LogP contribution in [0.3, 0.4) is 0 Å². The summed E-state index contributed by atoms with van der Waals surface area (Å²) in [7, 11) is 1.83. The van der Waals surface area contributed by atoms with Crippen molar-refractivity contribution in [3.63, 3.8) is 0 Å². The third-order valence-corrected chi connectivity index (χ3v) is 5.30. The first-order chi connectivity index (χ1) is 14.5. The van der Waals surface area contributed by atoms with Gasteiger partial charge in [0.25, 0.3) is 0 Å². The summed E-state index contributed by atoms with van der Waals surface area (Å²) in [5, 5.41) is 14.2. The second-order valence-electron chi connectivity index (χ2n) is 6.94. The summed E-state index contributed by atoms with van der Waals surface area (Å²) in [6.07, 6.45) is 1.58. The van der Waals surface area contributed by atoms with Gasteiger partial charge in [0, 0.05) is 16.1 Å². The molecule has 158 valence electrons. The van der Waals surface area contributed by atoms with Gasteiger partial charge in [0.05, 0.1) is 18.8 Å². The largest absolute Gasteiger partial charge is 0.333 e. The number of nitrogens with one attached hydrogen (secondary N) is 3. The highest BCUT2D eigenvalue weighted by Crippen LogP contribution is 2.18. The Morgan fingerprint density at radius 2 is 2.03 bits per heavy atom. The molecule has 0 spiro atoms. The first kappa shape index (κ1) is 21.7. The molecule has 0 bridgehead atoms. The number of likely N-dealkylation sites (N-methyl/N-ethyl adjacent to an activating group) is 1. The van der Waals surface area contributed by atoms with Crippen LogP contribution in [0.4, 0.5) is 9.18 Å². The summed E-state index contributed by atoms with van der Waals surface area (Å²) in [6, 6.07) is 11.5. The molecule has 0 unspecified atom stereocenters. The summed E-state index contributed by atoms with van der Waals surface area (Å²) < 4.78 is 13.0. The number of hydrogen-bond donors (Lipinski definition) is 3. The molecule has 0 fully saturated rings. The maximum atomic E-state index is 13.0. The zero-order chi connectivity index (χ0) is 21.3. The van der Waals surface area contributed by atoms with E-state index in [2.05, 4.69) is 20.8 Å². The summed E-state index contributed by atoms with van der Waals surface area (Å²) >= 11 is 1.54. The van der Waals surface area contributed by atoms with E-state index in [0.717, 1.165) is 34.7 Å². The van der Waals surface area contributed by atoms with Gasteiger partial charge >= 0.3 is 6.03 Å². The normalized spacial score (nSPS) is 10.9. The zero-order valence-corrected chi connectivity index (χ0v) is 17.5. The van der Waals surface area contributed by atoms with Crippen LogP contribution in [-0.2, 0) is 17.8 Å². The highest BCUT2D eigenvalue weighted by Gasteiger charge is 2.11. The molecule has 0 saturated heterocycles. The molecule has 30 heavy (non-hydrogen) atoms. The van der Waals surface area contributed by atoms with Crippen molar-refractivity contribution in [1.29, 1.82) is 0 Å². The number of thiophene rings is 1. The van der Waals surface area contributed by atoms with Crippen LogP contribution in [0, 0.1) is 5.82 Å². The van der Waals surface area contributed by atoms with E-state index in [0.29, 0.717) is 13.1 Å². The first-order valence-corrected chi connectivity index (χ1v) is 10.5. The number of aromatic amines is 1. The minimum Gasteiger partial charge on any atom is -0.333 e. The fraction of sp³-hybridized carbons (Fsp3) is 0.286. The molecule has 9 heteroatoms. The number of imide groups is 1. The molecule has 0 atom stereocenters. The van der Waals surface area contributed by atoms with Gasteiger partial charge in [0.15, 0.2) is 0 Å². The molecule has 3 N–H and O–H groups in total. The fourth-order valence-electron chi connectivity index (χ4n) is 2.91. The van der Waals surface area contributed by atoms with Crippen molar-refractivity contribution < 1.29 is 14.0 Å². The standard InChI is InChI=1S/C21H24FN5O2S/c1-27(14-20(28)24-21(29)23-13-18-5-3-11-30-18)10-2-4-17-12-19(26-25-17)15-6-8-16(22)9-7-15/h3,5-9,11-12H,2,4,10,13-14H2,1H3,(H,25,26)(H2,23,24,28,29). The maximum absolute atomic E-state index is 13.0. The number of hydrogen-bond acceptors (Lipinski definition) is 5. The van der Waals surface area contributed by atoms with Crippen LogP contribution in [0.2, 0.25) is 0 Å². The van der Waals surface area contributed by atoms with Gasteiger partial charge in [0.1, 0.15) is 5.82 Å². The topological polar surface area (TPSA) is 90.1 Å². The van der Waals surface area contributed by atoms with E-state index in [1.54, 1.807) is 23.5 Å². The van der Waals surface area contributed by atoms with Crippen molar-refractivity contribution in [2.75, 3.05) is 20.1 Å². The number of aryl methyl sites for hydroxylation is 1. The lowest BCUT2D eigenvalue weighted by Gasteiger charge is -2.15. The van der Waals surface area contributed by atoms with Crippen molar-refractivity contribution in [3.05, 3.63) is 64.2 Å². The number of H-pyrrole nitrogens is 1. The number of rotatable bonds is 9. The monoisotopic (exact) mass is 429 g/mol. The third-order valence-electron chi connectivity index (χ3n) is 4.43. The van der Waals surface area contributed by atoms with Crippen LogP contribution in [0.1, 0.15) is 17.0 Å². The van der Waals surface area contributed by atoms with Gasteiger partial charge < -0.3 is 5.32 Å². The number of amides is 3. The molecule has 3 amide bonds. The molecule has 3 aromatic rings. The summed E-state index contributed by atoms with van der Waals surface area (Å²) in [5.41, 5.74) is 2.59. The number of carbonyl (C=O) groups is 2. The molecule has 0 aliphatic carbocycles. The van der Waals surface area contributed by atoms with E-state index in [9.17, 15) is 14.0 Å². The van der Waals surface area contributed by atoms with Crippen molar-refractivity contribution in [1.82, 2.24) is 25.7 Å². The smallest absolute Gasteiger partial charge is 0.321 e. The molecule has 3 rings (SSSR count). The molecule has 7 nitrogen and oxygen atoms in total. The maximum Gasteiger partial charge on any atom is 0.321 e. The predicted molar refractivity (Wildman–Crippen MR) is 114 cm³/mol. The Labute approximate surface area is 178 Å². The second-order valence-corrected chi connectivity index (χ2v) is 7.97. The summed E-state index contributed by atoms with van der Waals surface area (Å²) in [4.78, 5) is 26.7. The van der Waals surface area contributed by atoms with Crippen LogP contribution in [-0.4, -0.2) is 47.2 Å². The lowest BCUT2D eigenvalue weighted by atomic mass is 10.1. The summed E-state index contributed by atoms with van der Waals surface area (Å²) in [6.45, 7) is 1.22. The van der Waals surface area contributed by atoms with E-state index >= 15 is 0 Å². The Morgan fingerprint density at radius 3 is 2.77 bits per heavy atom. The van der Waals surface area contributed by atoms with E-state index in [1.807, 2.05) is 35.5 Å². The highest BCUT2D eigenvalue weighted by molar-refractivity contribution is 7.09. The van der Waals surface area contributed by atoms with Gasteiger partial charge in [-0.1, -0.05) is 6.07 Å². The molecule has 2 aromatic heterocycles. The van der Waals surface area contributed by atoms with Crippen LogP contribution in [0.25, 0.3) is 11.3 Å². The Kier molecular flexibility index (Phi) is 7.69. The molecule has 0 saturated carbocycles. The zero-order valence-electron chi connectivity index (χ0n) is 16.7. The fourth-order valence-corrected chi connectivity index (χ4v) is 3.56. The molecule has 0 radical (unpaired) electrons. The van der Waals surface area contributed by atoms with E-state index in [1.165, 1.54) is 12.1 Å². The SMILES string of the molecule is CN(CCCc1cc(-c2ccc(F)cc2)n[nH]1)CC(=O)NC(=O)NCc1cccs1. The number of urea groups is 1. The predicted octanol–water partition coefficient (Wildman–Crippen LogP) is 3.17. The number of benzene rings is 1. The minimum absolute atomic E-state index is 0.135. The number of carbonyl (C=O) groups excluding carboxylic acids is 2. The van der Waals surface area contributed by atoms with Gasteiger partial charge in [-0.15, -0.1) is 11.3 Å². The van der Waals surface area contributed by atoms with Crippen LogP contribution >= 0.6 is 11.3 Å². The van der Waals surface area contributed by atoms with E-state index in [4.69, 9.17) is 0 Å². The van der Waals surface area contributed by atoms with Crippen molar-refractivity contribution in [2.24, 2.45) is 0 Å². The molecular weight excluding hydrogens is 405 g/mol. The Balaban J connectivity index is 1.34. The molecule has 0 aliphatic rings.